The van der Waals surface area contributed by atoms with Gasteiger partial charge in [0.15, 0.2) is 12.4 Å². The number of amides is 1. The maximum absolute atomic E-state index is 13.0. The van der Waals surface area contributed by atoms with Crippen LogP contribution in [0.5, 0.6) is 11.5 Å². The molecule has 1 aliphatic heterocycles. The average molecular weight is 493 g/mol. The van der Waals surface area contributed by atoms with Crippen LogP contribution in [-0.2, 0) is 27.8 Å². The maximum atomic E-state index is 13.0. The first-order valence-electron chi connectivity index (χ1n) is 10.1. The van der Waals surface area contributed by atoms with Gasteiger partial charge in [0, 0.05) is 18.2 Å². The molecule has 0 unspecified atom stereocenters. The second kappa shape index (κ2) is 9.28. The zero-order chi connectivity index (χ0) is 23.6. The third kappa shape index (κ3) is 4.88. The predicted octanol–water partition coefficient (Wildman–Crippen LogP) is 3.41. The first kappa shape index (κ1) is 22.9. The van der Waals surface area contributed by atoms with E-state index in [2.05, 4.69) is 14.9 Å². The number of fused-ring (bicyclic) bond motifs is 1. The van der Waals surface area contributed by atoms with Gasteiger partial charge in [-0.05, 0) is 37.3 Å². The molecule has 0 spiro atoms. The van der Waals surface area contributed by atoms with E-state index >= 15 is 0 Å². The third-order valence-corrected chi connectivity index (χ3v) is 6.62. The molecule has 1 aromatic heterocycles. The van der Waals surface area contributed by atoms with Gasteiger partial charge in [-0.3, -0.25) is 14.4 Å². The van der Waals surface area contributed by atoms with Gasteiger partial charge in [-0.15, -0.1) is 0 Å². The van der Waals surface area contributed by atoms with Crippen LogP contribution in [0.15, 0.2) is 45.8 Å². The summed E-state index contributed by atoms with van der Waals surface area (Å²) in [4.78, 5) is 17.9. The molecule has 2 aromatic carbocycles. The number of ether oxygens (including phenoxy) is 2. The minimum absolute atomic E-state index is 0.0333. The topological polar surface area (TPSA) is 124 Å². The summed E-state index contributed by atoms with van der Waals surface area (Å²) in [5.41, 5.74) is 0.660. The van der Waals surface area contributed by atoms with Crippen LogP contribution in [0.25, 0.3) is 0 Å². The van der Waals surface area contributed by atoms with Gasteiger partial charge in [0.1, 0.15) is 16.4 Å². The standard InChI is InChI=1S/C21H21ClN4O6S/c1-3-20-23-19(24-32-20)11-26-16-9-15(22)18(10-17(16)31-12-21(26)27)33(28,29)25-13-5-7-14(8-6-13)30-4-2/h5-10,25H,3-4,11-12H2,1-2H3. The van der Waals surface area contributed by atoms with Crippen molar-refractivity contribution < 1.29 is 27.2 Å². The molecular formula is C21H21ClN4O6S. The van der Waals surface area contributed by atoms with Crippen LogP contribution in [-0.4, -0.2) is 37.7 Å². The van der Waals surface area contributed by atoms with E-state index in [1.54, 1.807) is 24.3 Å². The Bertz CT molecular complexity index is 1280. The van der Waals surface area contributed by atoms with Crippen molar-refractivity contribution in [1.29, 1.82) is 0 Å². The minimum Gasteiger partial charge on any atom is -0.494 e. The van der Waals surface area contributed by atoms with Crippen molar-refractivity contribution in [2.24, 2.45) is 0 Å². The van der Waals surface area contributed by atoms with Crippen molar-refractivity contribution in [3.63, 3.8) is 0 Å². The summed E-state index contributed by atoms with van der Waals surface area (Å²) >= 11 is 6.34. The number of hydrogen-bond donors (Lipinski definition) is 1. The van der Waals surface area contributed by atoms with Gasteiger partial charge >= 0.3 is 0 Å². The highest BCUT2D eigenvalue weighted by Crippen LogP contribution is 2.39. The second-order valence-electron chi connectivity index (χ2n) is 7.04. The second-order valence-corrected chi connectivity index (χ2v) is 9.10. The number of carbonyl (C=O) groups excluding carboxylic acids is 1. The average Bonchev–Trinajstić information content (AvgIpc) is 3.24. The summed E-state index contributed by atoms with van der Waals surface area (Å²) in [7, 11) is -4.04. The maximum Gasteiger partial charge on any atom is 0.265 e. The van der Waals surface area contributed by atoms with Gasteiger partial charge in [-0.1, -0.05) is 23.7 Å². The molecule has 33 heavy (non-hydrogen) atoms. The van der Waals surface area contributed by atoms with Crippen LogP contribution >= 0.6 is 11.6 Å². The van der Waals surface area contributed by atoms with Crippen molar-refractivity contribution in [2.45, 2.75) is 31.7 Å². The number of sulfonamides is 1. The van der Waals surface area contributed by atoms with Gasteiger partial charge in [0.05, 0.1) is 23.9 Å². The lowest BCUT2D eigenvalue weighted by Gasteiger charge is -2.29. The molecule has 1 amide bonds. The highest BCUT2D eigenvalue weighted by atomic mass is 35.5. The van der Waals surface area contributed by atoms with E-state index in [4.69, 9.17) is 25.6 Å². The molecule has 3 aromatic rings. The fraction of sp³-hybridized carbons (Fsp3) is 0.286. The number of hydrogen-bond acceptors (Lipinski definition) is 8. The van der Waals surface area contributed by atoms with Crippen LogP contribution in [0, 0.1) is 0 Å². The Morgan fingerprint density at radius 2 is 1.97 bits per heavy atom. The molecule has 2 heterocycles. The van der Waals surface area contributed by atoms with Crippen molar-refractivity contribution in [1.82, 2.24) is 10.1 Å². The van der Waals surface area contributed by atoms with E-state index < -0.39 is 10.0 Å². The molecule has 0 aliphatic carbocycles. The van der Waals surface area contributed by atoms with E-state index in [1.165, 1.54) is 17.0 Å². The van der Waals surface area contributed by atoms with Crippen LogP contribution in [0.4, 0.5) is 11.4 Å². The van der Waals surface area contributed by atoms with E-state index in [-0.39, 0.29) is 34.7 Å². The fourth-order valence-electron chi connectivity index (χ4n) is 3.22. The lowest BCUT2D eigenvalue weighted by Crippen LogP contribution is -2.38. The van der Waals surface area contributed by atoms with Gasteiger partial charge < -0.3 is 14.0 Å². The summed E-state index contributed by atoms with van der Waals surface area (Å²) in [6, 6.07) is 9.15. The van der Waals surface area contributed by atoms with Crippen LogP contribution in [0.1, 0.15) is 25.6 Å². The molecule has 0 saturated heterocycles. The van der Waals surface area contributed by atoms with Crippen molar-refractivity contribution >= 4 is 38.9 Å². The molecule has 0 saturated carbocycles. The first-order chi connectivity index (χ1) is 15.8. The number of aryl methyl sites for hydroxylation is 1. The molecule has 12 heteroatoms. The number of halogens is 1. The monoisotopic (exact) mass is 492 g/mol. The lowest BCUT2D eigenvalue weighted by atomic mass is 10.2. The van der Waals surface area contributed by atoms with Crippen LogP contribution in [0.3, 0.4) is 0 Å². The van der Waals surface area contributed by atoms with Gasteiger partial charge in [0.25, 0.3) is 15.9 Å². The Kier molecular flexibility index (Phi) is 6.43. The minimum atomic E-state index is -4.04. The fourth-order valence-corrected chi connectivity index (χ4v) is 4.81. The SMILES string of the molecule is CCOc1ccc(NS(=O)(=O)c2cc3c(cc2Cl)N(Cc2noc(CC)n2)C(=O)CO3)cc1. The van der Waals surface area contributed by atoms with E-state index in [1.807, 2.05) is 13.8 Å². The first-order valence-corrected chi connectivity index (χ1v) is 12.0. The Labute approximate surface area is 195 Å². The molecule has 0 fully saturated rings. The highest BCUT2D eigenvalue weighted by molar-refractivity contribution is 7.92. The zero-order valence-corrected chi connectivity index (χ0v) is 19.4. The number of carbonyl (C=O) groups is 1. The number of rotatable bonds is 8. The Hall–Kier alpha value is -3.31. The molecule has 1 aliphatic rings. The summed E-state index contributed by atoms with van der Waals surface area (Å²) in [5.74, 6) is 1.25. The summed E-state index contributed by atoms with van der Waals surface area (Å²) in [6.45, 7) is 4.00. The Balaban J connectivity index is 1.61. The molecular weight excluding hydrogens is 472 g/mol. The zero-order valence-electron chi connectivity index (χ0n) is 17.9. The van der Waals surface area contributed by atoms with Crippen LogP contribution in [0.2, 0.25) is 5.02 Å². The molecule has 0 atom stereocenters. The molecule has 4 rings (SSSR count). The summed E-state index contributed by atoms with van der Waals surface area (Å²) in [5, 5.41) is 3.79. The smallest absolute Gasteiger partial charge is 0.265 e. The van der Waals surface area contributed by atoms with Crippen LogP contribution < -0.4 is 19.1 Å². The van der Waals surface area contributed by atoms with Gasteiger partial charge in [0.2, 0.25) is 5.89 Å². The van der Waals surface area contributed by atoms with Crippen molar-refractivity contribution in [3.05, 3.63) is 53.1 Å². The van der Waals surface area contributed by atoms with Gasteiger partial charge in [-0.2, -0.15) is 4.98 Å². The number of nitrogens with zero attached hydrogens (tertiary/aromatic N) is 3. The van der Waals surface area contributed by atoms with E-state index in [0.29, 0.717) is 41.9 Å². The van der Waals surface area contributed by atoms with Crippen molar-refractivity contribution in [3.8, 4) is 11.5 Å². The predicted molar refractivity (Wildman–Crippen MR) is 120 cm³/mol. The number of aromatic nitrogens is 2. The van der Waals surface area contributed by atoms with Gasteiger partial charge in [-0.25, -0.2) is 8.42 Å². The molecule has 1 N–H and O–H groups in total. The van der Waals surface area contributed by atoms with Crippen molar-refractivity contribution in [2.75, 3.05) is 22.8 Å². The Morgan fingerprint density at radius 1 is 1.21 bits per heavy atom. The molecule has 0 radical (unpaired) electrons. The lowest BCUT2D eigenvalue weighted by molar-refractivity contribution is -0.121. The quantitative estimate of drug-likeness (QED) is 0.507. The normalized spacial score (nSPS) is 13.4. The third-order valence-electron chi connectivity index (χ3n) is 4.78. The molecule has 174 valence electrons. The highest BCUT2D eigenvalue weighted by Gasteiger charge is 2.31. The number of benzene rings is 2. The summed E-state index contributed by atoms with van der Waals surface area (Å²) < 4.78 is 44.4. The summed E-state index contributed by atoms with van der Waals surface area (Å²) in [6.07, 6.45) is 0.565. The molecule has 10 nitrogen and oxygen atoms in total. The largest absolute Gasteiger partial charge is 0.494 e. The number of nitrogens with one attached hydrogen (secondary N) is 1. The molecule has 0 bridgehead atoms. The van der Waals surface area contributed by atoms with E-state index in [0.717, 1.165) is 0 Å². The van der Waals surface area contributed by atoms with E-state index in [9.17, 15) is 13.2 Å². The number of anilines is 2. The Morgan fingerprint density at radius 3 is 2.64 bits per heavy atom.